The van der Waals surface area contributed by atoms with Crippen LogP contribution in [0.3, 0.4) is 0 Å². The van der Waals surface area contributed by atoms with Crippen molar-refractivity contribution in [2.75, 3.05) is 13.2 Å². The van der Waals surface area contributed by atoms with E-state index >= 15 is 0 Å². The third-order valence-corrected chi connectivity index (χ3v) is 4.04. The molecule has 0 aromatic rings. The maximum absolute atomic E-state index is 12.6. The van der Waals surface area contributed by atoms with Crippen molar-refractivity contribution in [1.29, 1.82) is 0 Å². The molecule has 2 aliphatic heterocycles. The number of carbonyl (C=O) groups is 2. The van der Waals surface area contributed by atoms with Crippen LogP contribution in [0.5, 0.6) is 0 Å². The van der Waals surface area contributed by atoms with Crippen molar-refractivity contribution in [3.63, 3.8) is 0 Å². The topological polar surface area (TPSA) is 58.6 Å². The van der Waals surface area contributed by atoms with Crippen molar-refractivity contribution in [3.8, 4) is 0 Å². The summed E-state index contributed by atoms with van der Waals surface area (Å²) >= 11 is 0. The van der Waals surface area contributed by atoms with Crippen LogP contribution in [0.1, 0.15) is 40.5 Å². The van der Waals surface area contributed by atoms with Gasteiger partial charge in [-0.3, -0.25) is 4.79 Å². The van der Waals surface area contributed by atoms with Crippen LogP contribution in [0.25, 0.3) is 0 Å². The third-order valence-electron chi connectivity index (χ3n) is 4.04. The minimum absolute atomic E-state index is 0.0329. The second-order valence-electron chi connectivity index (χ2n) is 6.65. The highest BCUT2D eigenvalue weighted by molar-refractivity contribution is 5.87. The highest BCUT2D eigenvalue weighted by atomic mass is 16.5. The Kier molecular flexibility index (Phi) is 3.74. The van der Waals surface area contributed by atoms with Gasteiger partial charge in [0.05, 0.1) is 6.61 Å². The molecule has 0 radical (unpaired) electrons. The van der Waals surface area contributed by atoms with Crippen molar-refractivity contribution in [2.45, 2.75) is 52.6 Å². The number of ether oxygens (including phenoxy) is 1. The maximum atomic E-state index is 12.6. The lowest BCUT2D eigenvalue weighted by atomic mass is 9.84. The predicted octanol–water partition coefficient (Wildman–Crippen LogP) is 1.77. The van der Waals surface area contributed by atoms with Crippen molar-refractivity contribution in [3.05, 3.63) is 0 Å². The van der Waals surface area contributed by atoms with Crippen molar-refractivity contribution >= 4 is 12.0 Å². The monoisotopic (exact) mass is 268 g/mol. The lowest BCUT2D eigenvalue weighted by Gasteiger charge is -2.35. The van der Waals surface area contributed by atoms with E-state index in [1.165, 1.54) is 0 Å². The standard InChI is InChI=1S/C14H24N2O3/c1-5-19-13(18)15-11(14(2,3)4)12(17)16-8-9-6-10(16)7-9/h9-11H,5-8H2,1-4H3,(H,15,18)/t9?,10?,11-/m1/s1. The summed E-state index contributed by atoms with van der Waals surface area (Å²) < 4.78 is 4.90. The van der Waals surface area contributed by atoms with Crippen molar-refractivity contribution < 1.29 is 14.3 Å². The van der Waals surface area contributed by atoms with E-state index in [1.807, 2.05) is 25.7 Å². The summed E-state index contributed by atoms with van der Waals surface area (Å²) in [6, 6.07) is -0.128. The minimum Gasteiger partial charge on any atom is -0.450 e. The lowest BCUT2D eigenvalue weighted by Crippen LogP contribution is -2.55. The number of carbonyl (C=O) groups excluding carboxylic acids is 2. The molecule has 2 amide bonds. The molecular formula is C14H24N2O3. The summed E-state index contributed by atoms with van der Waals surface area (Å²) in [5, 5.41) is 2.72. The fourth-order valence-electron chi connectivity index (χ4n) is 2.91. The number of fused-ring (bicyclic) bond motifs is 1. The largest absolute Gasteiger partial charge is 0.450 e. The summed E-state index contributed by atoms with van der Waals surface area (Å²) in [6.45, 7) is 8.79. The van der Waals surface area contributed by atoms with Crippen molar-refractivity contribution in [1.82, 2.24) is 10.2 Å². The summed E-state index contributed by atoms with van der Waals surface area (Å²) in [6.07, 6.45) is 1.74. The van der Waals surface area contributed by atoms with E-state index in [0.29, 0.717) is 18.6 Å². The molecule has 1 saturated carbocycles. The average molecular weight is 268 g/mol. The SMILES string of the molecule is CCOC(=O)N[C@H](C(=O)N1CC2CC1C2)C(C)(C)C. The molecule has 5 heteroatoms. The van der Waals surface area contributed by atoms with E-state index in [0.717, 1.165) is 19.4 Å². The fourth-order valence-corrected chi connectivity index (χ4v) is 2.91. The zero-order valence-electron chi connectivity index (χ0n) is 12.2. The van der Waals surface area contributed by atoms with E-state index in [2.05, 4.69) is 5.32 Å². The van der Waals surface area contributed by atoms with Gasteiger partial charge in [-0.2, -0.15) is 0 Å². The first-order valence-corrected chi connectivity index (χ1v) is 7.06. The highest BCUT2D eigenvalue weighted by Gasteiger charge is 2.48. The molecule has 0 aromatic heterocycles. The third kappa shape index (κ3) is 2.85. The van der Waals surface area contributed by atoms with Gasteiger partial charge in [-0.05, 0) is 31.1 Å². The van der Waals surface area contributed by atoms with Crippen molar-refractivity contribution in [2.24, 2.45) is 11.3 Å². The van der Waals surface area contributed by atoms with Gasteiger partial charge in [0, 0.05) is 12.6 Å². The van der Waals surface area contributed by atoms with Gasteiger partial charge in [0.1, 0.15) is 6.04 Å². The van der Waals surface area contributed by atoms with Gasteiger partial charge in [-0.1, -0.05) is 20.8 Å². The van der Waals surface area contributed by atoms with E-state index in [-0.39, 0.29) is 11.3 Å². The Hall–Kier alpha value is -1.26. The van der Waals surface area contributed by atoms with Crippen LogP contribution in [-0.4, -0.2) is 42.1 Å². The Morgan fingerprint density at radius 3 is 2.42 bits per heavy atom. The van der Waals surface area contributed by atoms with Gasteiger partial charge >= 0.3 is 6.09 Å². The number of hydrogen-bond donors (Lipinski definition) is 1. The zero-order valence-corrected chi connectivity index (χ0v) is 12.2. The Bertz CT molecular complexity index is 369. The fraction of sp³-hybridized carbons (Fsp3) is 0.857. The van der Waals surface area contributed by atoms with Crippen LogP contribution in [0.15, 0.2) is 0 Å². The molecule has 1 N–H and O–H groups in total. The van der Waals surface area contributed by atoms with Crippen LogP contribution >= 0.6 is 0 Å². The highest BCUT2D eigenvalue weighted by Crippen LogP contribution is 2.41. The molecule has 1 atom stereocenters. The predicted molar refractivity (Wildman–Crippen MR) is 71.6 cm³/mol. The van der Waals surface area contributed by atoms with Crippen LogP contribution < -0.4 is 5.32 Å². The summed E-state index contributed by atoms with van der Waals surface area (Å²) in [7, 11) is 0. The molecule has 3 fully saturated rings. The molecule has 3 rings (SSSR count). The van der Waals surface area contributed by atoms with Crippen LogP contribution in [0.4, 0.5) is 4.79 Å². The summed E-state index contributed by atoms with van der Waals surface area (Å²) in [4.78, 5) is 26.2. The van der Waals surface area contributed by atoms with Crippen LogP contribution in [-0.2, 0) is 9.53 Å². The molecule has 5 nitrogen and oxygen atoms in total. The quantitative estimate of drug-likeness (QED) is 0.848. The lowest BCUT2D eigenvalue weighted by molar-refractivity contribution is -0.136. The molecule has 2 saturated heterocycles. The Morgan fingerprint density at radius 2 is 2.00 bits per heavy atom. The summed E-state index contributed by atoms with van der Waals surface area (Å²) in [5.41, 5.74) is -0.323. The van der Waals surface area contributed by atoms with Gasteiger partial charge in [-0.25, -0.2) is 4.79 Å². The molecule has 0 unspecified atom stereocenters. The number of nitrogens with one attached hydrogen (secondary N) is 1. The zero-order chi connectivity index (χ0) is 14.2. The van der Waals surface area contributed by atoms with E-state index in [9.17, 15) is 9.59 Å². The van der Waals surface area contributed by atoms with Crippen LogP contribution in [0, 0.1) is 11.3 Å². The molecule has 19 heavy (non-hydrogen) atoms. The Balaban J connectivity index is 2.04. The van der Waals surface area contributed by atoms with E-state index < -0.39 is 12.1 Å². The smallest absolute Gasteiger partial charge is 0.407 e. The molecule has 2 heterocycles. The van der Waals surface area contributed by atoms with E-state index in [1.54, 1.807) is 6.92 Å². The number of amides is 2. The molecular weight excluding hydrogens is 244 g/mol. The molecule has 1 aliphatic carbocycles. The average Bonchev–Trinajstić information content (AvgIpc) is 2.82. The minimum atomic E-state index is -0.522. The second kappa shape index (κ2) is 5.02. The molecule has 0 spiro atoms. The Labute approximate surface area is 114 Å². The van der Waals surface area contributed by atoms with Gasteiger partial charge < -0.3 is 15.0 Å². The van der Waals surface area contributed by atoms with Gasteiger partial charge in [-0.15, -0.1) is 0 Å². The molecule has 108 valence electrons. The first kappa shape index (κ1) is 14.2. The van der Waals surface area contributed by atoms with Gasteiger partial charge in [0.2, 0.25) is 5.91 Å². The number of hydrogen-bond acceptors (Lipinski definition) is 3. The van der Waals surface area contributed by atoms with E-state index in [4.69, 9.17) is 4.74 Å². The second-order valence-corrected chi connectivity index (χ2v) is 6.65. The van der Waals surface area contributed by atoms with Gasteiger partial charge in [0.15, 0.2) is 0 Å². The first-order valence-electron chi connectivity index (χ1n) is 7.06. The molecule has 2 bridgehead atoms. The number of rotatable bonds is 3. The number of nitrogens with zero attached hydrogens (tertiary/aromatic N) is 1. The van der Waals surface area contributed by atoms with Crippen LogP contribution in [0.2, 0.25) is 0 Å². The normalized spacial score (nSPS) is 26.6. The maximum Gasteiger partial charge on any atom is 0.407 e. The molecule has 3 aliphatic rings. The summed E-state index contributed by atoms with van der Waals surface area (Å²) in [5.74, 6) is 0.711. The first-order chi connectivity index (χ1) is 8.82. The number of alkyl carbamates (subject to hydrolysis) is 1. The Morgan fingerprint density at radius 1 is 1.37 bits per heavy atom. The van der Waals surface area contributed by atoms with Gasteiger partial charge in [0.25, 0.3) is 0 Å². The molecule has 0 aromatic carbocycles.